The number of carbonyl (C=O) groups excluding carboxylic acids is 1. The fraction of sp³-hybridized carbons (Fsp3) is 0.429. The maximum atomic E-state index is 11.4. The van der Waals surface area contributed by atoms with Gasteiger partial charge in [-0.1, -0.05) is 12.1 Å². The smallest absolute Gasteiger partial charge is 0.334 e. The molecule has 1 aromatic rings. The molecular weight excluding hydrogens is 262 g/mol. The van der Waals surface area contributed by atoms with Crippen LogP contribution < -0.4 is 10.1 Å². The second-order valence-corrected chi connectivity index (χ2v) is 4.45. The van der Waals surface area contributed by atoms with Crippen LogP contribution in [0.2, 0.25) is 0 Å². The van der Waals surface area contributed by atoms with Crippen molar-refractivity contribution >= 4 is 11.9 Å². The molecule has 1 rings (SSSR count). The average molecular weight is 281 g/mol. The summed E-state index contributed by atoms with van der Waals surface area (Å²) in [7, 11) is 0. The molecule has 1 atom stereocenters. The number of carboxylic acid groups (broad SMARTS) is 1. The Morgan fingerprint density at radius 2 is 2.05 bits per heavy atom. The fourth-order valence-corrected chi connectivity index (χ4v) is 1.52. The average Bonchev–Trinajstić information content (AvgIpc) is 2.40. The largest absolute Gasteiger partial charge is 0.493 e. The highest BCUT2D eigenvalue weighted by Gasteiger charge is 2.14. The summed E-state index contributed by atoms with van der Waals surface area (Å²) in [5.41, 5.74) is 2.13. The molecule has 0 fully saturated rings. The van der Waals surface area contributed by atoms with Crippen molar-refractivity contribution in [2.45, 2.75) is 26.4 Å². The van der Waals surface area contributed by atoms with Crippen molar-refractivity contribution in [1.29, 1.82) is 0 Å². The quantitative estimate of drug-likeness (QED) is 0.681. The predicted octanol–water partition coefficient (Wildman–Crippen LogP) is 0.634. The first-order chi connectivity index (χ1) is 9.41. The van der Waals surface area contributed by atoms with Gasteiger partial charge in [0.2, 0.25) is 5.91 Å². The molecule has 20 heavy (non-hydrogen) atoms. The second kappa shape index (κ2) is 7.49. The fourth-order valence-electron chi connectivity index (χ4n) is 1.52. The standard InChI is InChI=1S/C14H19NO5/c1-9-4-3-5-12(10(9)2)20-7-6-13(17)15-8-11(16)14(18)19/h3-5,11,16H,6-8H2,1-2H3,(H,15,17)(H,18,19)/t11-/m0/s1. The molecule has 0 saturated heterocycles. The third-order valence-corrected chi connectivity index (χ3v) is 2.92. The number of carboxylic acids is 1. The van der Waals surface area contributed by atoms with Crippen LogP contribution in [0.4, 0.5) is 0 Å². The molecule has 0 aliphatic rings. The zero-order valence-corrected chi connectivity index (χ0v) is 11.5. The van der Waals surface area contributed by atoms with Crippen molar-refractivity contribution in [3.63, 3.8) is 0 Å². The summed E-state index contributed by atoms with van der Waals surface area (Å²) in [5, 5.41) is 19.8. The highest BCUT2D eigenvalue weighted by molar-refractivity contribution is 5.78. The summed E-state index contributed by atoms with van der Waals surface area (Å²) in [5.74, 6) is -1.00. The van der Waals surface area contributed by atoms with E-state index in [1.807, 2.05) is 32.0 Å². The molecule has 1 aromatic carbocycles. The molecule has 0 radical (unpaired) electrons. The zero-order chi connectivity index (χ0) is 15.1. The van der Waals surface area contributed by atoms with Crippen molar-refractivity contribution in [2.75, 3.05) is 13.2 Å². The first kappa shape index (κ1) is 16.0. The lowest BCUT2D eigenvalue weighted by molar-refractivity contribution is -0.146. The van der Waals surface area contributed by atoms with Gasteiger partial charge in [-0.2, -0.15) is 0 Å². The number of amides is 1. The monoisotopic (exact) mass is 281 g/mol. The normalized spacial score (nSPS) is 11.8. The molecule has 6 heteroatoms. The molecule has 0 aromatic heterocycles. The maximum absolute atomic E-state index is 11.4. The number of hydrogen-bond donors (Lipinski definition) is 3. The molecule has 6 nitrogen and oxygen atoms in total. The summed E-state index contributed by atoms with van der Waals surface area (Å²) in [6, 6.07) is 5.68. The van der Waals surface area contributed by atoms with Gasteiger partial charge in [-0.15, -0.1) is 0 Å². The first-order valence-electron chi connectivity index (χ1n) is 6.28. The Hall–Kier alpha value is -2.08. The third-order valence-electron chi connectivity index (χ3n) is 2.92. The molecule has 3 N–H and O–H groups in total. The van der Waals surface area contributed by atoms with E-state index in [0.29, 0.717) is 0 Å². The minimum Gasteiger partial charge on any atom is -0.493 e. The van der Waals surface area contributed by atoms with Gasteiger partial charge < -0.3 is 20.3 Å². The molecule has 0 unspecified atom stereocenters. The lowest BCUT2D eigenvalue weighted by Gasteiger charge is -2.11. The van der Waals surface area contributed by atoms with E-state index in [9.17, 15) is 9.59 Å². The number of aliphatic hydroxyl groups is 1. The van der Waals surface area contributed by atoms with Gasteiger partial charge in [0.05, 0.1) is 19.6 Å². The van der Waals surface area contributed by atoms with Gasteiger partial charge in [0.15, 0.2) is 6.10 Å². The summed E-state index contributed by atoms with van der Waals surface area (Å²) in [4.78, 5) is 21.8. The van der Waals surface area contributed by atoms with E-state index in [2.05, 4.69) is 5.32 Å². The Kier molecular flexibility index (Phi) is 5.99. The van der Waals surface area contributed by atoms with Gasteiger partial charge >= 0.3 is 5.97 Å². The van der Waals surface area contributed by atoms with Crippen LogP contribution in [0.15, 0.2) is 18.2 Å². The summed E-state index contributed by atoms with van der Waals surface area (Å²) in [6.07, 6.45) is -1.49. The molecule has 0 aliphatic carbocycles. The zero-order valence-electron chi connectivity index (χ0n) is 11.5. The molecule has 0 spiro atoms. The Bertz CT molecular complexity index is 486. The van der Waals surface area contributed by atoms with E-state index in [-0.39, 0.29) is 25.5 Å². The van der Waals surface area contributed by atoms with Crippen LogP contribution in [0.1, 0.15) is 17.5 Å². The van der Waals surface area contributed by atoms with Crippen LogP contribution in [0.5, 0.6) is 5.75 Å². The lowest BCUT2D eigenvalue weighted by atomic mass is 10.1. The van der Waals surface area contributed by atoms with Crippen LogP contribution in [-0.4, -0.2) is 41.3 Å². The van der Waals surface area contributed by atoms with Crippen LogP contribution in [0.3, 0.4) is 0 Å². The molecule has 0 heterocycles. The van der Waals surface area contributed by atoms with Crippen LogP contribution in [0.25, 0.3) is 0 Å². The van der Waals surface area contributed by atoms with E-state index in [1.54, 1.807) is 0 Å². The number of aryl methyl sites for hydroxylation is 1. The number of carbonyl (C=O) groups is 2. The number of nitrogens with one attached hydrogen (secondary N) is 1. The number of rotatable bonds is 7. The minimum atomic E-state index is -1.58. The Labute approximate surface area is 117 Å². The molecule has 0 bridgehead atoms. The highest BCUT2D eigenvalue weighted by atomic mass is 16.5. The van der Waals surface area contributed by atoms with Crippen molar-refractivity contribution in [3.05, 3.63) is 29.3 Å². The van der Waals surface area contributed by atoms with Crippen molar-refractivity contribution in [2.24, 2.45) is 0 Å². The van der Waals surface area contributed by atoms with Crippen molar-refractivity contribution < 1.29 is 24.5 Å². The van der Waals surface area contributed by atoms with E-state index >= 15 is 0 Å². The van der Waals surface area contributed by atoms with E-state index in [0.717, 1.165) is 16.9 Å². The van der Waals surface area contributed by atoms with Crippen molar-refractivity contribution in [1.82, 2.24) is 5.32 Å². The maximum Gasteiger partial charge on any atom is 0.334 e. The van der Waals surface area contributed by atoms with E-state index in [1.165, 1.54) is 0 Å². The number of hydrogen-bond acceptors (Lipinski definition) is 4. The van der Waals surface area contributed by atoms with E-state index in [4.69, 9.17) is 14.9 Å². The summed E-state index contributed by atoms with van der Waals surface area (Å²) in [6.45, 7) is 3.80. The summed E-state index contributed by atoms with van der Waals surface area (Å²) < 4.78 is 5.50. The molecule has 0 aliphatic heterocycles. The van der Waals surface area contributed by atoms with Gasteiger partial charge in [-0.25, -0.2) is 4.79 Å². The summed E-state index contributed by atoms with van der Waals surface area (Å²) >= 11 is 0. The van der Waals surface area contributed by atoms with Crippen LogP contribution in [0, 0.1) is 13.8 Å². The van der Waals surface area contributed by atoms with Crippen LogP contribution in [-0.2, 0) is 9.59 Å². The molecule has 110 valence electrons. The SMILES string of the molecule is Cc1cccc(OCCC(=O)NC[C@H](O)C(=O)O)c1C. The third kappa shape index (κ3) is 4.89. The number of aliphatic carboxylic acids is 1. The topological polar surface area (TPSA) is 95.9 Å². The first-order valence-corrected chi connectivity index (χ1v) is 6.28. The van der Waals surface area contributed by atoms with Gasteiger partial charge in [0.25, 0.3) is 0 Å². The van der Waals surface area contributed by atoms with Gasteiger partial charge in [0.1, 0.15) is 5.75 Å². The van der Waals surface area contributed by atoms with E-state index < -0.39 is 12.1 Å². The molecular formula is C14H19NO5. The second-order valence-electron chi connectivity index (χ2n) is 4.45. The molecule has 0 saturated carbocycles. The Morgan fingerprint density at radius 3 is 2.70 bits per heavy atom. The van der Waals surface area contributed by atoms with Gasteiger partial charge in [0, 0.05) is 0 Å². The number of ether oxygens (including phenoxy) is 1. The Morgan fingerprint density at radius 1 is 1.35 bits per heavy atom. The van der Waals surface area contributed by atoms with Gasteiger partial charge in [-0.05, 0) is 31.0 Å². The minimum absolute atomic E-state index is 0.0969. The molecule has 1 amide bonds. The number of benzene rings is 1. The number of aliphatic hydroxyl groups excluding tert-OH is 1. The highest BCUT2D eigenvalue weighted by Crippen LogP contribution is 2.20. The Balaban J connectivity index is 2.32. The lowest BCUT2D eigenvalue weighted by Crippen LogP contribution is -2.36. The predicted molar refractivity (Wildman–Crippen MR) is 72.7 cm³/mol. The van der Waals surface area contributed by atoms with Crippen molar-refractivity contribution in [3.8, 4) is 5.75 Å². The van der Waals surface area contributed by atoms with Gasteiger partial charge in [-0.3, -0.25) is 4.79 Å². The van der Waals surface area contributed by atoms with Crippen LogP contribution >= 0.6 is 0 Å².